The molecule has 1 unspecified atom stereocenters. The van der Waals surface area contributed by atoms with Crippen molar-refractivity contribution in [2.75, 3.05) is 13.1 Å². The highest BCUT2D eigenvalue weighted by molar-refractivity contribution is 7.86. The summed E-state index contributed by atoms with van der Waals surface area (Å²) in [4.78, 5) is 0. The minimum Gasteiger partial charge on any atom is -0.315 e. The minimum atomic E-state index is -3.77. The van der Waals surface area contributed by atoms with E-state index < -0.39 is 15.4 Å². The van der Waals surface area contributed by atoms with Crippen molar-refractivity contribution in [1.82, 2.24) is 5.32 Å². The molecule has 1 aliphatic rings. The Labute approximate surface area is 54.0 Å². The summed E-state index contributed by atoms with van der Waals surface area (Å²) in [5.41, 5.74) is 0. The molecule has 0 aromatic rings. The van der Waals surface area contributed by atoms with Gasteiger partial charge in [0.05, 0.1) is 0 Å². The minimum absolute atomic E-state index is 0.388. The average Bonchev–Trinajstić information content (AvgIpc) is 2.08. The molecule has 0 saturated carbocycles. The van der Waals surface area contributed by atoms with Gasteiger partial charge >= 0.3 is 0 Å². The summed E-state index contributed by atoms with van der Waals surface area (Å²) in [5.74, 6) is 0. The van der Waals surface area contributed by atoms with Crippen LogP contribution in [0.2, 0.25) is 0 Å². The van der Waals surface area contributed by atoms with E-state index in [1.54, 1.807) is 0 Å². The molecule has 54 valence electrons. The normalized spacial score (nSPS) is 28.8. The van der Waals surface area contributed by atoms with Gasteiger partial charge in [0.1, 0.15) is 5.25 Å². The summed E-state index contributed by atoms with van der Waals surface area (Å²) >= 11 is 0. The predicted octanol–water partition coefficient (Wildman–Crippen LogP) is -0.764. The molecule has 2 N–H and O–H groups in total. The molecule has 0 aliphatic carbocycles. The highest BCUT2D eigenvalue weighted by Gasteiger charge is 2.25. The van der Waals surface area contributed by atoms with Crippen molar-refractivity contribution in [2.45, 2.75) is 11.7 Å². The maximum atomic E-state index is 10.3. The second kappa shape index (κ2) is 2.24. The van der Waals surface area contributed by atoms with Gasteiger partial charge in [-0.05, 0) is 13.0 Å². The van der Waals surface area contributed by atoms with Crippen LogP contribution in [0.1, 0.15) is 6.42 Å². The summed E-state index contributed by atoms with van der Waals surface area (Å²) in [5, 5.41) is 2.27. The third-order valence-electron chi connectivity index (χ3n) is 1.44. The van der Waals surface area contributed by atoms with Crippen LogP contribution in [0, 0.1) is 0 Å². The van der Waals surface area contributed by atoms with Gasteiger partial charge in [0.15, 0.2) is 0 Å². The van der Waals surface area contributed by atoms with Crippen LogP contribution in [0.4, 0.5) is 0 Å². The summed E-state index contributed by atoms with van der Waals surface area (Å²) in [6, 6.07) is 0. The third kappa shape index (κ3) is 1.64. The van der Waals surface area contributed by atoms with Gasteiger partial charge in [-0.3, -0.25) is 4.55 Å². The van der Waals surface area contributed by atoms with Crippen molar-refractivity contribution >= 4 is 10.1 Å². The van der Waals surface area contributed by atoms with Crippen LogP contribution in [-0.4, -0.2) is 31.3 Å². The van der Waals surface area contributed by atoms with Gasteiger partial charge in [-0.1, -0.05) is 0 Å². The Balaban J connectivity index is 2.63. The largest absolute Gasteiger partial charge is 0.315 e. The zero-order chi connectivity index (χ0) is 6.91. The van der Waals surface area contributed by atoms with Gasteiger partial charge in [0, 0.05) is 6.54 Å². The summed E-state index contributed by atoms with van der Waals surface area (Å²) in [6.45, 7) is 1.07. The van der Waals surface area contributed by atoms with E-state index in [-0.39, 0.29) is 0 Å². The maximum Gasteiger partial charge on any atom is 0.269 e. The van der Waals surface area contributed by atoms with Crippen LogP contribution in [0.3, 0.4) is 0 Å². The fourth-order valence-electron chi connectivity index (χ4n) is 0.882. The molecular weight excluding hydrogens is 142 g/mol. The molecule has 1 fully saturated rings. The molecule has 1 rings (SSSR count). The molecule has 9 heavy (non-hydrogen) atoms. The second-order valence-electron chi connectivity index (χ2n) is 2.13. The van der Waals surface area contributed by atoms with E-state index in [2.05, 4.69) is 5.32 Å². The molecule has 0 radical (unpaired) electrons. The van der Waals surface area contributed by atoms with E-state index in [4.69, 9.17) is 4.55 Å². The predicted molar refractivity (Wildman–Crippen MR) is 32.8 cm³/mol. The van der Waals surface area contributed by atoms with Gasteiger partial charge in [-0.15, -0.1) is 0 Å². The van der Waals surface area contributed by atoms with Gasteiger partial charge in [0.2, 0.25) is 0 Å². The molecule has 1 saturated heterocycles. The first kappa shape index (κ1) is 6.98. The smallest absolute Gasteiger partial charge is 0.269 e. The first-order chi connectivity index (χ1) is 4.11. The second-order valence-corrected chi connectivity index (χ2v) is 3.83. The highest BCUT2D eigenvalue weighted by Crippen LogP contribution is 2.06. The fourth-order valence-corrected chi connectivity index (χ4v) is 1.63. The fraction of sp³-hybridized carbons (Fsp3) is 1.00. The zero-order valence-electron chi connectivity index (χ0n) is 4.87. The zero-order valence-corrected chi connectivity index (χ0v) is 5.69. The quantitative estimate of drug-likeness (QED) is 0.483. The molecule has 1 aliphatic heterocycles. The van der Waals surface area contributed by atoms with Crippen molar-refractivity contribution in [3.8, 4) is 0 Å². The van der Waals surface area contributed by atoms with E-state index in [1.165, 1.54) is 0 Å². The Bertz CT molecular complexity index is 180. The Hall–Kier alpha value is -0.130. The number of nitrogens with one attached hydrogen (secondary N) is 1. The average molecular weight is 151 g/mol. The van der Waals surface area contributed by atoms with Crippen LogP contribution in [0.15, 0.2) is 0 Å². The van der Waals surface area contributed by atoms with Crippen LogP contribution >= 0.6 is 0 Å². The van der Waals surface area contributed by atoms with Gasteiger partial charge in [0.25, 0.3) is 10.1 Å². The summed E-state index contributed by atoms with van der Waals surface area (Å²) in [6.07, 6.45) is 0.527. The SMILES string of the molecule is O=S(=O)(O)C1CCNC1. The molecule has 0 aromatic carbocycles. The van der Waals surface area contributed by atoms with Crippen molar-refractivity contribution in [1.29, 1.82) is 0 Å². The van der Waals surface area contributed by atoms with Crippen molar-refractivity contribution in [3.63, 3.8) is 0 Å². The van der Waals surface area contributed by atoms with Crippen LogP contribution < -0.4 is 5.32 Å². The van der Waals surface area contributed by atoms with Crippen molar-refractivity contribution in [2.24, 2.45) is 0 Å². The van der Waals surface area contributed by atoms with E-state index in [1.807, 2.05) is 0 Å². The summed E-state index contributed by atoms with van der Waals surface area (Å²) < 4.78 is 29.1. The molecule has 5 heteroatoms. The first-order valence-electron chi connectivity index (χ1n) is 2.78. The lowest BCUT2D eigenvalue weighted by atomic mass is 10.4. The molecule has 0 aromatic heterocycles. The third-order valence-corrected chi connectivity index (χ3v) is 2.68. The van der Waals surface area contributed by atoms with E-state index in [0.717, 1.165) is 0 Å². The Morgan fingerprint density at radius 1 is 1.56 bits per heavy atom. The lowest BCUT2D eigenvalue weighted by Gasteiger charge is -2.00. The monoisotopic (exact) mass is 151 g/mol. The molecule has 1 atom stereocenters. The number of rotatable bonds is 1. The maximum absolute atomic E-state index is 10.3. The molecular formula is C4H9NO3S. The van der Waals surface area contributed by atoms with Gasteiger partial charge in [-0.2, -0.15) is 8.42 Å². The Morgan fingerprint density at radius 2 is 2.22 bits per heavy atom. The Morgan fingerprint density at radius 3 is 2.44 bits per heavy atom. The van der Waals surface area contributed by atoms with Crippen LogP contribution in [0.5, 0.6) is 0 Å². The lowest BCUT2D eigenvalue weighted by Crippen LogP contribution is -2.22. The van der Waals surface area contributed by atoms with Gasteiger partial charge in [-0.25, -0.2) is 0 Å². The molecule has 4 nitrogen and oxygen atoms in total. The molecule has 0 amide bonds. The lowest BCUT2D eigenvalue weighted by molar-refractivity contribution is 0.470. The standard InChI is InChI=1S/C4H9NO3S/c6-9(7,8)4-1-2-5-3-4/h4-5H,1-3H2,(H,6,7,8). The number of hydrogen-bond donors (Lipinski definition) is 2. The summed E-state index contributed by atoms with van der Waals surface area (Å²) in [7, 11) is -3.77. The number of hydrogen-bond acceptors (Lipinski definition) is 3. The van der Waals surface area contributed by atoms with E-state index >= 15 is 0 Å². The first-order valence-corrected chi connectivity index (χ1v) is 4.28. The Kier molecular flexibility index (Phi) is 1.74. The van der Waals surface area contributed by atoms with Crippen molar-refractivity contribution in [3.05, 3.63) is 0 Å². The van der Waals surface area contributed by atoms with Gasteiger partial charge < -0.3 is 5.32 Å². The van der Waals surface area contributed by atoms with Crippen LogP contribution in [0.25, 0.3) is 0 Å². The van der Waals surface area contributed by atoms with E-state index in [9.17, 15) is 8.42 Å². The molecule has 0 bridgehead atoms. The highest BCUT2D eigenvalue weighted by atomic mass is 32.2. The van der Waals surface area contributed by atoms with Crippen LogP contribution in [-0.2, 0) is 10.1 Å². The van der Waals surface area contributed by atoms with E-state index in [0.29, 0.717) is 19.5 Å². The molecule has 1 heterocycles. The molecule has 0 spiro atoms. The topological polar surface area (TPSA) is 66.4 Å². The van der Waals surface area contributed by atoms with Crippen molar-refractivity contribution < 1.29 is 13.0 Å².